The minimum Gasteiger partial charge on any atom is -1.00 e. The topological polar surface area (TPSA) is 0 Å². The smallest absolute Gasteiger partial charge is 1.00 e. The van der Waals surface area contributed by atoms with Crippen LogP contribution in [0.2, 0.25) is 0 Å². The van der Waals surface area contributed by atoms with Crippen LogP contribution in [-0.2, 0) is 42.9 Å². The number of benzene rings is 6. The van der Waals surface area contributed by atoms with Crippen LogP contribution in [0, 0.1) is 11.8 Å². The van der Waals surface area contributed by atoms with Gasteiger partial charge >= 0.3 is 434 Å². The van der Waals surface area contributed by atoms with Gasteiger partial charge in [-0.15, -0.1) is 0 Å². The molecule has 2 unspecified atom stereocenters. The number of rotatable bonds is 8. The van der Waals surface area contributed by atoms with Gasteiger partial charge in [-0.2, -0.15) is 0 Å². The van der Waals surface area contributed by atoms with E-state index in [1.54, 1.807) is 14.4 Å². The quantitative estimate of drug-likeness (QED) is 0.142. The summed E-state index contributed by atoms with van der Waals surface area (Å²) in [5, 5.41) is 0. The number of hydrogen-bond acceptors (Lipinski definition) is 0. The van der Waals surface area contributed by atoms with Crippen molar-refractivity contribution in [2.75, 3.05) is 0 Å². The molecule has 3 heteroatoms. The molecule has 2 atom stereocenters. The van der Waals surface area contributed by atoms with Gasteiger partial charge in [0.15, 0.2) is 0 Å². The Balaban J connectivity index is 0.00000347. The molecule has 4 aliphatic rings. The predicted octanol–water partition coefficient (Wildman–Crippen LogP) is 13.0. The van der Waals surface area contributed by atoms with Crippen molar-refractivity contribution in [3.8, 4) is 33.4 Å². The fraction of sp³-hybridized carbons (Fsp3) is 0.406. The van der Waals surface area contributed by atoms with Crippen molar-refractivity contribution < 1.29 is 46.1 Å². The molecule has 6 aromatic rings. The summed E-state index contributed by atoms with van der Waals surface area (Å²) >= 11 is -2.78. The van der Waals surface area contributed by atoms with E-state index in [1.165, 1.54) is 102 Å². The van der Waals surface area contributed by atoms with E-state index in [2.05, 4.69) is 238 Å². The molecule has 374 valence electrons. The van der Waals surface area contributed by atoms with Gasteiger partial charge in [0.1, 0.15) is 0 Å². The summed E-state index contributed by atoms with van der Waals surface area (Å²) in [6, 6.07) is 44.4. The summed E-state index contributed by atoms with van der Waals surface area (Å²) in [5.74, 6) is 1.56. The van der Waals surface area contributed by atoms with Gasteiger partial charge in [-0.1, -0.05) is 0 Å². The molecule has 0 fully saturated rings. The molecule has 72 heavy (non-hydrogen) atoms. The van der Waals surface area contributed by atoms with Gasteiger partial charge in [0.2, 0.25) is 0 Å². The normalized spacial score (nSPS) is 17.3. The summed E-state index contributed by atoms with van der Waals surface area (Å²) < 4.78 is 4.08. The molecule has 0 aliphatic heterocycles. The zero-order valence-electron chi connectivity index (χ0n) is 46.4. The van der Waals surface area contributed by atoms with Crippen molar-refractivity contribution in [1.29, 1.82) is 0 Å². The van der Waals surface area contributed by atoms with Crippen LogP contribution in [0.15, 0.2) is 131 Å². The minimum atomic E-state index is -2.78. The van der Waals surface area contributed by atoms with E-state index in [0.717, 1.165) is 6.42 Å². The van der Waals surface area contributed by atoms with Crippen molar-refractivity contribution in [1.82, 2.24) is 0 Å². The summed E-state index contributed by atoms with van der Waals surface area (Å²) in [4.78, 5) is 0. The van der Waals surface area contributed by atoms with Crippen LogP contribution >= 0.6 is 0 Å². The molecule has 0 amide bonds. The first-order valence-electron chi connectivity index (χ1n) is 26.9. The van der Waals surface area contributed by atoms with Crippen molar-refractivity contribution in [3.05, 3.63) is 197 Å². The third-order valence-electron chi connectivity index (χ3n) is 16.2. The maximum Gasteiger partial charge on any atom is -1.00 e. The Kier molecular flexibility index (Phi) is 14.9. The molecule has 0 nitrogen and oxygen atoms in total. The number of allylic oxidation sites excluding steroid dienone is 4. The average molecular weight is 1070 g/mol. The van der Waals surface area contributed by atoms with Gasteiger partial charge in [-0.05, 0) is 0 Å². The van der Waals surface area contributed by atoms with E-state index in [1.807, 2.05) is 3.21 Å². The zero-order chi connectivity index (χ0) is 50.0. The Bertz CT molecular complexity index is 2980. The van der Waals surface area contributed by atoms with Crippen LogP contribution in [0.3, 0.4) is 0 Å². The standard InChI is InChI=1S/C55H57.C9H18.C5H5.2ClH.Zr/c1-52(2,3)44-25-17-23-38-48(34-19-13-15-21-36(34)50(38)44)42-28-32-27-33-29-43(47(55(10,11)12)31-41(33)40(32)30-46(42)54(7,8)9)49-35-20-14-16-22-37(35)51-39(49)24-18-26-45(51)53(4,5)6;1-8(2)6-5-7-9(3)4;1-2-4-5-3-1;;;/h13-31,48-49H,1-12H3;8-9H,6-7H2,1-4H3;1-3H,4H2;2*1H;/q;;;;;+2/p-2. The van der Waals surface area contributed by atoms with Crippen molar-refractivity contribution in [3.63, 3.8) is 0 Å². The second-order valence-corrected chi connectivity index (χ2v) is 33.4. The second-order valence-electron chi connectivity index (χ2n) is 26.6. The molecule has 6 aromatic carbocycles. The fourth-order valence-corrected chi connectivity index (χ4v) is 23.8. The number of fused-ring (bicyclic) bond motifs is 9. The van der Waals surface area contributed by atoms with Gasteiger partial charge in [0.25, 0.3) is 0 Å². The van der Waals surface area contributed by atoms with Crippen LogP contribution < -0.4 is 24.8 Å². The van der Waals surface area contributed by atoms with E-state index < -0.39 is 21.3 Å². The number of hydrogen-bond donors (Lipinski definition) is 0. The van der Waals surface area contributed by atoms with Gasteiger partial charge < -0.3 is 24.8 Å². The van der Waals surface area contributed by atoms with E-state index in [-0.39, 0.29) is 58.3 Å². The van der Waals surface area contributed by atoms with Crippen LogP contribution in [-0.4, -0.2) is 3.21 Å². The van der Waals surface area contributed by atoms with Crippen molar-refractivity contribution in [2.45, 2.75) is 167 Å². The monoisotopic (exact) mass is 1070 g/mol. The zero-order valence-corrected chi connectivity index (χ0v) is 50.4. The third kappa shape index (κ3) is 9.36. The van der Waals surface area contributed by atoms with E-state index in [0.29, 0.717) is 15.5 Å². The van der Waals surface area contributed by atoms with Crippen LogP contribution in [0.1, 0.15) is 212 Å². The number of halogens is 2. The molecular formula is C69H80Cl2Zr. The maximum atomic E-state index is 2.83. The molecule has 0 radical (unpaired) electrons. The van der Waals surface area contributed by atoms with Crippen molar-refractivity contribution in [2.24, 2.45) is 11.8 Å². The summed E-state index contributed by atoms with van der Waals surface area (Å²) in [5.41, 5.74) is 26.7. The first kappa shape index (κ1) is 54.4. The summed E-state index contributed by atoms with van der Waals surface area (Å²) in [7, 11) is 0. The fourth-order valence-electron chi connectivity index (χ4n) is 13.5. The van der Waals surface area contributed by atoms with E-state index in [9.17, 15) is 0 Å². The summed E-state index contributed by atoms with van der Waals surface area (Å²) in [6.45, 7) is 39.1. The van der Waals surface area contributed by atoms with Crippen LogP contribution in [0.5, 0.6) is 0 Å². The third-order valence-corrected chi connectivity index (χ3v) is 24.6. The largest absolute Gasteiger partial charge is 1.00 e. The first-order valence-corrected chi connectivity index (χ1v) is 30.7. The summed E-state index contributed by atoms with van der Waals surface area (Å²) in [6.07, 6.45) is 11.0. The Morgan fingerprint density at radius 1 is 0.444 bits per heavy atom. The molecule has 0 aromatic heterocycles. The van der Waals surface area contributed by atoms with E-state index >= 15 is 0 Å². The van der Waals surface area contributed by atoms with Crippen LogP contribution in [0.4, 0.5) is 0 Å². The van der Waals surface area contributed by atoms with Crippen LogP contribution in [0.25, 0.3) is 33.4 Å². The molecule has 0 bridgehead atoms. The Hall–Kier alpha value is -3.87. The molecule has 0 spiro atoms. The molecule has 4 aliphatic carbocycles. The van der Waals surface area contributed by atoms with Gasteiger partial charge in [-0.25, -0.2) is 0 Å². The predicted molar refractivity (Wildman–Crippen MR) is 300 cm³/mol. The molecule has 0 saturated heterocycles. The molecule has 10 rings (SSSR count). The SMILES string of the molecule is CC(C)C[C](CC(C)C)=[Zr+2]([C]1=CC=CC1)[CH]1c2cc(C3c4ccccc4-c4c3cccc4C(C)(C)C)c(C(C)(C)C)cc2-c2cc(C(C)(C)C)c(C3c4ccccc4-c4c3cccc4C(C)(C)C)cc21.[Cl-].[Cl-]. The van der Waals surface area contributed by atoms with Gasteiger partial charge in [0, 0.05) is 0 Å². The van der Waals surface area contributed by atoms with Crippen molar-refractivity contribution >= 4 is 3.21 Å². The maximum absolute atomic E-state index is 2.83. The van der Waals surface area contributed by atoms with E-state index in [4.69, 9.17) is 0 Å². The molecular weight excluding hydrogens is 991 g/mol. The Morgan fingerprint density at radius 2 is 0.833 bits per heavy atom. The second kappa shape index (κ2) is 19.7. The molecule has 0 heterocycles. The molecule has 0 saturated carbocycles. The van der Waals surface area contributed by atoms with Gasteiger partial charge in [-0.3, -0.25) is 0 Å². The average Bonchev–Trinajstić information content (AvgIpc) is 4.06. The minimum absolute atomic E-state index is 0. The molecule has 0 N–H and O–H groups in total. The first-order chi connectivity index (χ1) is 32.9. The Labute approximate surface area is 455 Å². The Morgan fingerprint density at radius 3 is 1.19 bits per heavy atom. The van der Waals surface area contributed by atoms with Gasteiger partial charge in [0.05, 0.1) is 0 Å².